The van der Waals surface area contributed by atoms with Crippen LogP contribution in [-0.2, 0) is 19.2 Å². The minimum Gasteiger partial charge on any atom is -0.346 e. The second kappa shape index (κ2) is 12.3. The van der Waals surface area contributed by atoms with Crippen LogP contribution < -0.4 is 16.4 Å². The average Bonchev–Trinajstić information content (AvgIpc) is 3.48. The minimum absolute atomic E-state index is 0.0317. The van der Waals surface area contributed by atoms with Crippen molar-refractivity contribution in [2.45, 2.75) is 83.3 Å². The molecular weight excluding hydrogens is 444 g/mol. The zero-order valence-corrected chi connectivity index (χ0v) is 21.1. The summed E-state index contributed by atoms with van der Waals surface area (Å²) in [5.41, 5.74) is 10.6. The summed E-state index contributed by atoms with van der Waals surface area (Å²) >= 11 is 0. The summed E-state index contributed by atoms with van der Waals surface area (Å²) in [7, 11) is 0. The second-order valence-electron chi connectivity index (χ2n) is 10.4. The number of amides is 3. The van der Waals surface area contributed by atoms with Crippen molar-refractivity contribution in [1.29, 1.82) is 0 Å². The van der Waals surface area contributed by atoms with Gasteiger partial charge in [-0.2, -0.15) is 0 Å². The van der Waals surface area contributed by atoms with Crippen LogP contribution in [0.15, 0.2) is 30.0 Å². The molecule has 192 valence electrons. The maximum absolute atomic E-state index is 13.4. The van der Waals surface area contributed by atoms with E-state index >= 15 is 0 Å². The second-order valence-corrected chi connectivity index (χ2v) is 10.4. The molecule has 0 radical (unpaired) electrons. The Labute approximate surface area is 208 Å². The van der Waals surface area contributed by atoms with Gasteiger partial charge < -0.3 is 21.3 Å². The van der Waals surface area contributed by atoms with Gasteiger partial charge in [0, 0.05) is 19.0 Å². The van der Waals surface area contributed by atoms with E-state index in [1.165, 1.54) is 6.08 Å². The van der Waals surface area contributed by atoms with Crippen LogP contribution in [0.3, 0.4) is 0 Å². The van der Waals surface area contributed by atoms with Crippen LogP contribution in [-0.4, -0.2) is 59.6 Å². The SMILES string of the molecule is C=CCNC(=O)C(=O)[C@@H]1CCCCCCC2CC2[C@H](N)C(=O)N2C[C@H](C=C=C(C)C)C[C@H]2C(=O)N1. The lowest BCUT2D eigenvalue weighted by Crippen LogP contribution is -2.55. The maximum atomic E-state index is 13.4. The number of nitrogens with one attached hydrogen (secondary N) is 2. The smallest absolute Gasteiger partial charge is 0.289 e. The number of rotatable bonds is 5. The molecule has 3 fully saturated rings. The van der Waals surface area contributed by atoms with Crippen molar-refractivity contribution < 1.29 is 19.2 Å². The van der Waals surface area contributed by atoms with Gasteiger partial charge in [0.15, 0.2) is 0 Å². The summed E-state index contributed by atoms with van der Waals surface area (Å²) in [4.78, 5) is 53.6. The summed E-state index contributed by atoms with van der Waals surface area (Å²) in [6, 6.07) is -2.28. The number of carbonyl (C=O) groups is 4. The number of hydrogen-bond acceptors (Lipinski definition) is 5. The summed E-state index contributed by atoms with van der Waals surface area (Å²) in [5.74, 6) is -1.40. The normalized spacial score (nSPS) is 31.5. The van der Waals surface area contributed by atoms with E-state index in [0.29, 0.717) is 25.3 Å². The van der Waals surface area contributed by atoms with Gasteiger partial charge in [-0.3, -0.25) is 19.2 Å². The molecule has 1 aliphatic carbocycles. The third-order valence-corrected chi connectivity index (χ3v) is 7.33. The molecule has 0 aromatic carbocycles. The molecule has 0 aromatic rings. The number of Topliss-reactive ketones (excluding diaryl/α,β-unsaturated/α-hetero) is 1. The Morgan fingerprint density at radius 3 is 2.57 bits per heavy atom. The van der Waals surface area contributed by atoms with Crippen molar-refractivity contribution >= 4 is 23.5 Å². The number of hydrogen-bond donors (Lipinski definition) is 3. The predicted octanol–water partition coefficient (Wildman–Crippen LogP) is 2.00. The Morgan fingerprint density at radius 1 is 1.17 bits per heavy atom. The van der Waals surface area contributed by atoms with Crippen LogP contribution in [0.25, 0.3) is 0 Å². The van der Waals surface area contributed by atoms with Crippen molar-refractivity contribution in [1.82, 2.24) is 15.5 Å². The van der Waals surface area contributed by atoms with Crippen LogP contribution in [0.4, 0.5) is 0 Å². The molecule has 3 aliphatic rings. The third kappa shape index (κ3) is 7.15. The molecule has 2 heterocycles. The Morgan fingerprint density at radius 2 is 1.89 bits per heavy atom. The largest absolute Gasteiger partial charge is 0.346 e. The highest BCUT2D eigenvalue weighted by molar-refractivity contribution is 6.38. The van der Waals surface area contributed by atoms with Crippen LogP contribution in [0.5, 0.6) is 0 Å². The lowest BCUT2D eigenvalue weighted by molar-refractivity contribution is -0.142. The van der Waals surface area contributed by atoms with E-state index in [0.717, 1.165) is 44.1 Å². The zero-order valence-electron chi connectivity index (χ0n) is 21.1. The number of nitrogens with two attached hydrogens (primary N) is 1. The first-order valence-corrected chi connectivity index (χ1v) is 12.9. The summed E-state index contributed by atoms with van der Waals surface area (Å²) in [5, 5.41) is 5.31. The van der Waals surface area contributed by atoms with E-state index in [-0.39, 0.29) is 24.3 Å². The fraction of sp³-hybridized carbons (Fsp3) is 0.667. The van der Waals surface area contributed by atoms with E-state index in [1.54, 1.807) is 4.90 Å². The summed E-state index contributed by atoms with van der Waals surface area (Å²) < 4.78 is 0. The van der Waals surface area contributed by atoms with Gasteiger partial charge in [0.05, 0.1) is 12.1 Å². The molecule has 3 amide bonds. The molecule has 2 saturated heterocycles. The van der Waals surface area contributed by atoms with Gasteiger partial charge in [0.25, 0.3) is 5.91 Å². The average molecular weight is 485 g/mol. The molecule has 4 N–H and O–H groups in total. The molecule has 3 rings (SSSR count). The molecule has 0 aromatic heterocycles. The fourth-order valence-corrected chi connectivity index (χ4v) is 5.24. The standard InChI is InChI=1S/C27H40N4O4/c1-4-13-29-26(34)24(32)21-10-8-6-5-7-9-19-15-20(19)23(28)27(35)31-16-18(12-11-17(2)3)14-22(31)25(33)30-21/h4,12,18-23H,1,5-10,13-16,28H2,2-3H3,(H,29,34)(H,30,33)/t18-,19?,20?,21+,22+,23+/m1/s1. The molecule has 8 nitrogen and oxygen atoms in total. The van der Waals surface area contributed by atoms with Crippen LogP contribution >= 0.6 is 0 Å². The third-order valence-electron chi connectivity index (χ3n) is 7.33. The Hall–Kier alpha value is -2.70. The van der Waals surface area contributed by atoms with E-state index in [1.807, 2.05) is 19.9 Å². The fourth-order valence-electron chi connectivity index (χ4n) is 5.24. The van der Waals surface area contributed by atoms with Gasteiger partial charge in [-0.05, 0) is 56.6 Å². The predicted molar refractivity (Wildman–Crippen MR) is 134 cm³/mol. The molecule has 35 heavy (non-hydrogen) atoms. The molecule has 2 aliphatic heterocycles. The van der Waals surface area contributed by atoms with Crippen LogP contribution in [0.1, 0.15) is 65.2 Å². The van der Waals surface area contributed by atoms with Crippen molar-refractivity contribution in [3.63, 3.8) is 0 Å². The van der Waals surface area contributed by atoms with E-state index < -0.39 is 35.7 Å². The number of ketones is 1. The zero-order chi connectivity index (χ0) is 25.5. The molecule has 2 unspecified atom stereocenters. The Kier molecular flexibility index (Phi) is 9.47. The monoisotopic (exact) mass is 484 g/mol. The van der Waals surface area contributed by atoms with Gasteiger partial charge >= 0.3 is 0 Å². The molecular formula is C27H40N4O4. The minimum atomic E-state index is -0.927. The van der Waals surface area contributed by atoms with Gasteiger partial charge in [-0.15, -0.1) is 12.3 Å². The van der Waals surface area contributed by atoms with Gasteiger partial charge in [0.1, 0.15) is 6.04 Å². The van der Waals surface area contributed by atoms with Crippen molar-refractivity contribution in [2.75, 3.05) is 13.1 Å². The Balaban J connectivity index is 1.84. The van der Waals surface area contributed by atoms with E-state index in [2.05, 4.69) is 22.9 Å². The summed E-state index contributed by atoms with van der Waals surface area (Å²) in [6.45, 7) is 8.00. The lowest BCUT2D eigenvalue weighted by atomic mass is 10.0. The van der Waals surface area contributed by atoms with Gasteiger partial charge in [-0.1, -0.05) is 38.2 Å². The molecule has 8 heteroatoms. The number of carbonyl (C=O) groups excluding carboxylic acids is 4. The summed E-state index contributed by atoms with van der Waals surface area (Å²) in [6.07, 6.45) is 9.96. The van der Waals surface area contributed by atoms with Gasteiger partial charge in [0.2, 0.25) is 17.6 Å². The highest BCUT2D eigenvalue weighted by Crippen LogP contribution is 2.45. The maximum Gasteiger partial charge on any atom is 0.289 e. The number of fused-ring (bicyclic) bond motifs is 2. The lowest BCUT2D eigenvalue weighted by Gasteiger charge is -2.28. The van der Waals surface area contributed by atoms with Crippen LogP contribution in [0, 0.1) is 17.8 Å². The van der Waals surface area contributed by atoms with Crippen molar-refractivity contribution in [3.05, 3.63) is 30.0 Å². The highest BCUT2D eigenvalue weighted by atomic mass is 16.2. The first-order valence-electron chi connectivity index (χ1n) is 12.9. The van der Waals surface area contributed by atoms with E-state index in [4.69, 9.17) is 5.73 Å². The molecule has 1 saturated carbocycles. The first kappa shape index (κ1) is 26.9. The van der Waals surface area contributed by atoms with E-state index in [9.17, 15) is 19.2 Å². The molecule has 0 spiro atoms. The number of nitrogens with zero attached hydrogens (tertiary/aromatic N) is 1. The van der Waals surface area contributed by atoms with Crippen molar-refractivity contribution in [2.24, 2.45) is 23.5 Å². The molecule has 0 bridgehead atoms. The Bertz CT molecular complexity index is 903. The van der Waals surface area contributed by atoms with Crippen molar-refractivity contribution in [3.8, 4) is 0 Å². The highest BCUT2D eigenvalue weighted by Gasteiger charge is 2.48. The molecule has 6 atom stereocenters. The first-order chi connectivity index (χ1) is 16.7. The topological polar surface area (TPSA) is 122 Å². The quantitative estimate of drug-likeness (QED) is 0.313. The van der Waals surface area contributed by atoms with Gasteiger partial charge in [-0.25, -0.2) is 0 Å². The van der Waals surface area contributed by atoms with Crippen LogP contribution in [0.2, 0.25) is 0 Å².